The molecular formula is C31H31F4N3O5S. The number of piperazine rings is 1. The standard InChI is InChI=1S/C31H31F4N3O5S/c1-22(39)36-17-19-37(20-18-36)28(40)38-16-15-29(21-38,44(42,43)27-13-11-26(32)12-14-27)23-7-9-25(10-8-23)30(41,31(33,34)35)24-5-3-2-4-6-24/h2-14,41H,15-21H2,1H3. The number of amides is 3. The molecule has 2 heterocycles. The molecule has 3 aromatic rings. The lowest BCUT2D eigenvalue weighted by Crippen LogP contribution is -2.54. The van der Waals surface area contributed by atoms with Crippen molar-refractivity contribution in [2.45, 2.75) is 34.8 Å². The van der Waals surface area contributed by atoms with Gasteiger partial charge in [-0.1, -0.05) is 54.6 Å². The van der Waals surface area contributed by atoms with Gasteiger partial charge in [0.1, 0.15) is 10.6 Å². The SMILES string of the molecule is CC(=O)N1CCN(C(=O)N2CCC(c3ccc(C(O)(c4ccccc4)C(F)(F)F)cc3)(S(=O)(=O)c3ccc(F)cc3)C2)CC1. The molecule has 0 aliphatic carbocycles. The number of alkyl halides is 3. The molecule has 234 valence electrons. The summed E-state index contributed by atoms with van der Waals surface area (Å²) in [5.41, 5.74) is -4.16. The third-order valence-electron chi connectivity index (χ3n) is 8.57. The van der Waals surface area contributed by atoms with Crippen LogP contribution in [0.2, 0.25) is 0 Å². The number of carbonyl (C=O) groups is 2. The van der Waals surface area contributed by atoms with Crippen molar-refractivity contribution in [3.8, 4) is 0 Å². The number of sulfone groups is 1. The second kappa shape index (κ2) is 11.5. The van der Waals surface area contributed by atoms with Gasteiger partial charge in [0.2, 0.25) is 11.5 Å². The number of halogens is 4. The smallest absolute Gasteiger partial charge is 0.372 e. The minimum atomic E-state index is -5.10. The van der Waals surface area contributed by atoms with Crippen LogP contribution in [-0.2, 0) is 25.0 Å². The molecule has 2 atom stereocenters. The average Bonchev–Trinajstić information content (AvgIpc) is 3.48. The Bertz CT molecular complexity index is 1630. The predicted octanol–water partition coefficient (Wildman–Crippen LogP) is 4.28. The highest BCUT2D eigenvalue weighted by atomic mass is 32.2. The summed E-state index contributed by atoms with van der Waals surface area (Å²) in [6.07, 6.45) is -5.18. The maximum atomic E-state index is 14.3. The van der Waals surface area contributed by atoms with Crippen LogP contribution >= 0.6 is 0 Å². The van der Waals surface area contributed by atoms with E-state index in [1.54, 1.807) is 4.90 Å². The van der Waals surface area contributed by atoms with E-state index in [1.165, 1.54) is 47.1 Å². The minimum Gasteiger partial charge on any atom is -0.372 e. The quantitative estimate of drug-likeness (QED) is 0.334. The second-order valence-corrected chi connectivity index (χ2v) is 13.3. The van der Waals surface area contributed by atoms with Crippen molar-refractivity contribution >= 4 is 21.8 Å². The predicted molar refractivity (Wildman–Crippen MR) is 153 cm³/mol. The Labute approximate surface area is 252 Å². The molecule has 0 bridgehead atoms. The Balaban J connectivity index is 1.53. The van der Waals surface area contributed by atoms with Crippen molar-refractivity contribution < 1.29 is 40.7 Å². The lowest BCUT2D eigenvalue weighted by molar-refractivity contribution is -0.248. The van der Waals surface area contributed by atoms with E-state index in [2.05, 4.69) is 0 Å². The highest BCUT2D eigenvalue weighted by molar-refractivity contribution is 7.92. The molecule has 0 spiro atoms. The zero-order valence-corrected chi connectivity index (χ0v) is 24.6. The fraction of sp³-hybridized carbons (Fsp3) is 0.355. The summed E-state index contributed by atoms with van der Waals surface area (Å²) >= 11 is 0. The highest BCUT2D eigenvalue weighted by Gasteiger charge is 2.57. The van der Waals surface area contributed by atoms with Crippen LogP contribution in [0.25, 0.3) is 0 Å². The first-order chi connectivity index (χ1) is 20.7. The van der Waals surface area contributed by atoms with Crippen molar-refractivity contribution in [1.29, 1.82) is 0 Å². The summed E-state index contributed by atoms with van der Waals surface area (Å²) in [5.74, 6) is -0.765. The monoisotopic (exact) mass is 633 g/mol. The molecule has 44 heavy (non-hydrogen) atoms. The summed E-state index contributed by atoms with van der Waals surface area (Å²) in [6, 6.07) is 14.9. The summed E-state index contributed by atoms with van der Waals surface area (Å²) in [4.78, 5) is 29.5. The Hall–Kier alpha value is -3.97. The van der Waals surface area contributed by atoms with E-state index in [0.29, 0.717) is 13.1 Å². The van der Waals surface area contributed by atoms with Gasteiger partial charge in [-0.15, -0.1) is 0 Å². The molecule has 0 radical (unpaired) electrons. The molecule has 13 heteroatoms. The van der Waals surface area contributed by atoms with E-state index < -0.39 is 49.3 Å². The summed E-state index contributed by atoms with van der Waals surface area (Å²) in [5, 5.41) is 11.0. The summed E-state index contributed by atoms with van der Waals surface area (Å²) < 4.78 is 83.4. The molecule has 5 rings (SSSR count). The largest absolute Gasteiger partial charge is 0.425 e. The van der Waals surface area contributed by atoms with Crippen molar-refractivity contribution in [3.63, 3.8) is 0 Å². The number of nitrogens with zero attached hydrogens (tertiary/aromatic N) is 3. The van der Waals surface area contributed by atoms with Crippen LogP contribution < -0.4 is 0 Å². The van der Waals surface area contributed by atoms with Gasteiger partial charge < -0.3 is 19.8 Å². The topological polar surface area (TPSA) is 98.2 Å². The molecule has 2 aliphatic rings. The van der Waals surface area contributed by atoms with E-state index in [4.69, 9.17) is 0 Å². The maximum Gasteiger partial charge on any atom is 0.425 e. The molecule has 0 saturated carbocycles. The second-order valence-electron chi connectivity index (χ2n) is 11.1. The van der Waals surface area contributed by atoms with E-state index in [-0.39, 0.29) is 49.0 Å². The van der Waals surface area contributed by atoms with Crippen molar-refractivity contribution in [2.24, 2.45) is 0 Å². The molecule has 8 nitrogen and oxygen atoms in total. The maximum absolute atomic E-state index is 14.3. The van der Waals surface area contributed by atoms with Gasteiger partial charge in [-0.25, -0.2) is 17.6 Å². The third-order valence-corrected chi connectivity index (χ3v) is 11.1. The number of carbonyl (C=O) groups excluding carboxylic acids is 2. The van der Waals surface area contributed by atoms with Crippen molar-refractivity contribution in [1.82, 2.24) is 14.7 Å². The van der Waals surface area contributed by atoms with Gasteiger partial charge in [0.05, 0.1) is 4.90 Å². The number of likely N-dealkylation sites (tertiary alicyclic amines) is 1. The zero-order chi connectivity index (χ0) is 31.9. The molecule has 3 aromatic carbocycles. The van der Waals surface area contributed by atoms with Crippen LogP contribution in [0, 0.1) is 5.82 Å². The summed E-state index contributed by atoms with van der Waals surface area (Å²) in [6.45, 7) is 2.35. The van der Waals surface area contributed by atoms with Gasteiger partial charge in [0.25, 0.3) is 0 Å². The lowest BCUT2D eigenvalue weighted by Gasteiger charge is -2.37. The minimum absolute atomic E-state index is 0.0322. The van der Waals surface area contributed by atoms with Gasteiger partial charge in [-0.3, -0.25) is 4.79 Å². The average molecular weight is 634 g/mol. The molecular weight excluding hydrogens is 602 g/mol. The van der Waals surface area contributed by atoms with Crippen LogP contribution in [0.1, 0.15) is 30.0 Å². The number of aliphatic hydroxyl groups is 1. The molecule has 2 unspecified atom stereocenters. The van der Waals surface area contributed by atoms with E-state index in [1.807, 2.05) is 0 Å². The molecule has 2 saturated heterocycles. The van der Waals surface area contributed by atoms with Crippen molar-refractivity contribution in [3.05, 3.63) is 101 Å². The highest BCUT2D eigenvalue weighted by Crippen LogP contribution is 2.47. The molecule has 3 amide bonds. The molecule has 2 fully saturated rings. The van der Waals surface area contributed by atoms with Gasteiger partial charge in [-0.2, -0.15) is 13.2 Å². The van der Waals surface area contributed by atoms with Gasteiger partial charge in [0.15, 0.2) is 9.84 Å². The lowest BCUT2D eigenvalue weighted by atomic mass is 9.84. The van der Waals surface area contributed by atoms with Crippen molar-refractivity contribution in [2.75, 3.05) is 39.3 Å². The third kappa shape index (κ3) is 5.32. The fourth-order valence-corrected chi connectivity index (χ4v) is 8.07. The Morgan fingerprint density at radius 2 is 1.32 bits per heavy atom. The van der Waals surface area contributed by atoms with E-state index in [9.17, 15) is 40.7 Å². The zero-order valence-electron chi connectivity index (χ0n) is 23.8. The Morgan fingerprint density at radius 3 is 1.86 bits per heavy atom. The first-order valence-corrected chi connectivity index (χ1v) is 15.4. The van der Waals surface area contributed by atoms with Crippen LogP contribution in [0.5, 0.6) is 0 Å². The Kier molecular flexibility index (Phi) is 8.23. The normalized spacial score (nSPS) is 20.8. The number of hydrogen-bond acceptors (Lipinski definition) is 5. The number of benzene rings is 3. The molecule has 1 N–H and O–H groups in total. The van der Waals surface area contributed by atoms with Crippen LogP contribution in [-0.4, -0.2) is 85.6 Å². The number of rotatable bonds is 5. The van der Waals surface area contributed by atoms with Crippen LogP contribution in [0.3, 0.4) is 0 Å². The fourth-order valence-electron chi connectivity index (χ4n) is 6.00. The molecule has 2 aliphatic heterocycles. The first-order valence-electron chi connectivity index (χ1n) is 14.0. The molecule has 0 aromatic heterocycles. The van der Waals surface area contributed by atoms with Gasteiger partial charge >= 0.3 is 12.2 Å². The number of urea groups is 1. The number of hydrogen-bond donors (Lipinski definition) is 1. The summed E-state index contributed by atoms with van der Waals surface area (Å²) in [7, 11) is -4.33. The van der Waals surface area contributed by atoms with Gasteiger partial charge in [0, 0.05) is 46.2 Å². The first kappa shape index (κ1) is 31.5. The van der Waals surface area contributed by atoms with Crippen LogP contribution in [0.4, 0.5) is 22.4 Å². The van der Waals surface area contributed by atoms with E-state index >= 15 is 0 Å². The van der Waals surface area contributed by atoms with Crippen LogP contribution in [0.15, 0.2) is 83.8 Å². The Morgan fingerprint density at radius 1 is 0.773 bits per heavy atom. The van der Waals surface area contributed by atoms with Gasteiger partial charge in [-0.05, 0) is 47.4 Å². The van der Waals surface area contributed by atoms with E-state index in [0.717, 1.165) is 48.5 Å².